The van der Waals surface area contributed by atoms with E-state index in [-0.39, 0.29) is 24.0 Å². The first-order chi connectivity index (χ1) is 12.7. The number of aromatic amines is 1. The molecule has 3 N–H and O–H groups in total. The Bertz CT molecular complexity index is 874. The molecule has 0 radical (unpaired) electrons. The number of aliphatic imine (C=N–C) groups is 1. The Labute approximate surface area is 180 Å². The lowest BCUT2D eigenvalue weighted by atomic mass is 10.1. The Morgan fingerprint density at radius 3 is 2.78 bits per heavy atom. The Hall–Kier alpha value is -2.01. The number of guanidine groups is 1. The van der Waals surface area contributed by atoms with Gasteiger partial charge in [0.2, 0.25) is 0 Å². The lowest BCUT2D eigenvalue weighted by molar-refractivity contribution is 0.819. The summed E-state index contributed by atoms with van der Waals surface area (Å²) in [4.78, 5) is 14.6. The molecule has 144 valence electrons. The minimum Gasteiger partial charge on any atom is -0.357 e. The third kappa shape index (κ3) is 5.99. The van der Waals surface area contributed by atoms with Crippen LogP contribution in [0.4, 0.5) is 0 Å². The second-order valence-electron chi connectivity index (χ2n) is 5.82. The van der Waals surface area contributed by atoms with Crippen LogP contribution >= 0.6 is 35.3 Å². The van der Waals surface area contributed by atoms with Gasteiger partial charge < -0.3 is 10.6 Å². The van der Waals surface area contributed by atoms with Crippen molar-refractivity contribution in [2.24, 2.45) is 4.99 Å². The van der Waals surface area contributed by atoms with E-state index in [9.17, 15) is 0 Å². The minimum absolute atomic E-state index is 0. The minimum atomic E-state index is 0. The van der Waals surface area contributed by atoms with Crippen molar-refractivity contribution in [3.05, 3.63) is 51.7 Å². The normalized spacial score (nSPS) is 11.1. The van der Waals surface area contributed by atoms with Gasteiger partial charge in [0, 0.05) is 17.0 Å². The summed E-state index contributed by atoms with van der Waals surface area (Å²) in [6.07, 6.45) is 1.51. The van der Waals surface area contributed by atoms with Gasteiger partial charge >= 0.3 is 0 Å². The van der Waals surface area contributed by atoms with Crippen LogP contribution in [-0.2, 0) is 13.1 Å². The van der Waals surface area contributed by atoms with Crippen LogP contribution in [0.2, 0.25) is 0 Å². The maximum absolute atomic E-state index is 4.69. The molecular weight excluding hydrogens is 473 g/mol. The quantitative estimate of drug-likeness (QED) is 0.276. The summed E-state index contributed by atoms with van der Waals surface area (Å²) in [5, 5.41) is 14.5. The summed E-state index contributed by atoms with van der Waals surface area (Å²) in [7, 11) is 0. The van der Waals surface area contributed by atoms with E-state index in [4.69, 9.17) is 4.99 Å². The van der Waals surface area contributed by atoms with Gasteiger partial charge in [-0.25, -0.2) is 15.0 Å². The smallest absolute Gasteiger partial charge is 0.191 e. The fourth-order valence-corrected chi connectivity index (χ4v) is 3.45. The molecule has 7 nitrogen and oxygen atoms in total. The largest absolute Gasteiger partial charge is 0.357 e. The van der Waals surface area contributed by atoms with E-state index < -0.39 is 0 Å². The molecule has 0 fully saturated rings. The monoisotopic (exact) mass is 497 g/mol. The van der Waals surface area contributed by atoms with Crippen LogP contribution in [0.5, 0.6) is 0 Å². The standard InChI is InChI=1S/C18H23N7S.HI/c1-4-19-18(21-10-16-12(2)24-13(3)26-16)20-9-14-6-5-7-15(8-14)17-22-11-23-25-17;/h5-8,11H,4,9-10H2,1-3H3,(H2,19,20,21)(H,22,23,25);1H. The van der Waals surface area contributed by atoms with E-state index in [1.165, 1.54) is 11.2 Å². The van der Waals surface area contributed by atoms with E-state index in [1.807, 2.05) is 26.0 Å². The van der Waals surface area contributed by atoms with Gasteiger partial charge in [0.05, 0.1) is 23.8 Å². The molecule has 0 aliphatic carbocycles. The van der Waals surface area contributed by atoms with Crippen LogP contribution < -0.4 is 10.6 Å². The molecule has 0 amide bonds. The number of H-pyrrole nitrogens is 1. The molecule has 0 saturated heterocycles. The summed E-state index contributed by atoms with van der Waals surface area (Å²) < 4.78 is 0. The highest BCUT2D eigenvalue weighted by molar-refractivity contribution is 14.0. The predicted octanol–water partition coefficient (Wildman–Crippen LogP) is 3.42. The van der Waals surface area contributed by atoms with Crippen LogP contribution in [0.15, 0.2) is 35.6 Å². The zero-order valence-corrected chi connectivity index (χ0v) is 18.8. The van der Waals surface area contributed by atoms with Crippen LogP contribution in [0, 0.1) is 13.8 Å². The molecule has 0 aliphatic heterocycles. The summed E-state index contributed by atoms with van der Waals surface area (Å²) in [6.45, 7) is 8.25. The van der Waals surface area contributed by atoms with Gasteiger partial charge in [-0.3, -0.25) is 5.10 Å². The Morgan fingerprint density at radius 2 is 2.11 bits per heavy atom. The maximum atomic E-state index is 4.69. The van der Waals surface area contributed by atoms with Crippen LogP contribution in [0.3, 0.4) is 0 Å². The molecular formula is C18H24IN7S. The van der Waals surface area contributed by atoms with Gasteiger partial charge in [0.1, 0.15) is 6.33 Å². The van der Waals surface area contributed by atoms with E-state index in [0.717, 1.165) is 46.7 Å². The van der Waals surface area contributed by atoms with Gasteiger partial charge in [0.15, 0.2) is 11.8 Å². The van der Waals surface area contributed by atoms with Gasteiger partial charge in [-0.05, 0) is 32.4 Å². The number of thiazole rings is 1. The van der Waals surface area contributed by atoms with Gasteiger partial charge in [-0.1, -0.05) is 18.2 Å². The first-order valence-corrected chi connectivity index (χ1v) is 9.37. The number of rotatable bonds is 6. The van der Waals surface area contributed by atoms with Crippen molar-refractivity contribution in [2.75, 3.05) is 6.54 Å². The van der Waals surface area contributed by atoms with Crippen molar-refractivity contribution in [1.29, 1.82) is 0 Å². The Balaban J connectivity index is 0.00000261. The highest BCUT2D eigenvalue weighted by atomic mass is 127. The average molecular weight is 497 g/mol. The second-order valence-corrected chi connectivity index (χ2v) is 7.11. The number of nitrogens with one attached hydrogen (secondary N) is 3. The number of aromatic nitrogens is 4. The maximum Gasteiger partial charge on any atom is 0.191 e. The van der Waals surface area contributed by atoms with Crippen molar-refractivity contribution in [3.63, 3.8) is 0 Å². The Morgan fingerprint density at radius 1 is 1.26 bits per heavy atom. The predicted molar refractivity (Wildman–Crippen MR) is 120 cm³/mol. The fourth-order valence-electron chi connectivity index (χ4n) is 2.58. The molecule has 0 unspecified atom stereocenters. The van der Waals surface area contributed by atoms with Crippen LogP contribution in [-0.4, -0.2) is 32.7 Å². The van der Waals surface area contributed by atoms with Crippen molar-refractivity contribution >= 4 is 41.3 Å². The summed E-state index contributed by atoms with van der Waals surface area (Å²) >= 11 is 1.72. The van der Waals surface area contributed by atoms with E-state index in [2.05, 4.69) is 49.9 Å². The Kier molecular flexibility index (Phi) is 8.17. The third-order valence-electron chi connectivity index (χ3n) is 3.80. The number of halogens is 1. The van der Waals surface area contributed by atoms with Crippen LogP contribution in [0.1, 0.15) is 28.1 Å². The SMILES string of the molecule is CCNC(=NCc1cccc(-c2ncn[nH]2)c1)NCc1sc(C)nc1C.I. The van der Waals surface area contributed by atoms with Crippen LogP contribution in [0.25, 0.3) is 11.4 Å². The van der Waals surface area contributed by atoms with E-state index >= 15 is 0 Å². The van der Waals surface area contributed by atoms with Gasteiger partial charge in [-0.2, -0.15) is 5.10 Å². The molecule has 2 heterocycles. The molecule has 0 aliphatic rings. The topological polar surface area (TPSA) is 90.9 Å². The molecule has 0 atom stereocenters. The van der Waals surface area contributed by atoms with Crippen molar-refractivity contribution in [3.8, 4) is 11.4 Å². The van der Waals surface area contributed by atoms with Crippen molar-refractivity contribution in [1.82, 2.24) is 30.8 Å². The lowest BCUT2D eigenvalue weighted by Crippen LogP contribution is -2.36. The first-order valence-electron chi connectivity index (χ1n) is 8.55. The van der Waals surface area contributed by atoms with E-state index in [1.54, 1.807) is 11.3 Å². The highest BCUT2D eigenvalue weighted by Crippen LogP contribution is 2.17. The fraction of sp³-hybridized carbons (Fsp3) is 0.333. The molecule has 0 saturated carbocycles. The summed E-state index contributed by atoms with van der Waals surface area (Å²) in [6, 6.07) is 8.15. The molecule has 1 aromatic carbocycles. The molecule has 9 heteroatoms. The molecule has 0 bridgehead atoms. The molecule has 3 aromatic rings. The summed E-state index contributed by atoms with van der Waals surface area (Å²) in [5.74, 6) is 1.56. The molecule has 27 heavy (non-hydrogen) atoms. The molecule has 2 aromatic heterocycles. The zero-order valence-electron chi connectivity index (χ0n) is 15.6. The number of benzene rings is 1. The number of hydrogen-bond acceptors (Lipinski definition) is 5. The average Bonchev–Trinajstić information content (AvgIpc) is 3.27. The number of aryl methyl sites for hydroxylation is 2. The highest BCUT2D eigenvalue weighted by Gasteiger charge is 2.06. The van der Waals surface area contributed by atoms with Crippen molar-refractivity contribution in [2.45, 2.75) is 33.9 Å². The van der Waals surface area contributed by atoms with Gasteiger partial charge in [-0.15, -0.1) is 35.3 Å². The number of hydrogen-bond donors (Lipinski definition) is 3. The van der Waals surface area contributed by atoms with Gasteiger partial charge in [0.25, 0.3) is 0 Å². The zero-order chi connectivity index (χ0) is 18.4. The molecule has 3 rings (SSSR count). The number of nitrogens with zero attached hydrogens (tertiary/aromatic N) is 4. The third-order valence-corrected chi connectivity index (χ3v) is 4.87. The van der Waals surface area contributed by atoms with Crippen molar-refractivity contribution < 1.29 is 0 Å². The second kappa shape index (κ2) is 10.4. The van der Waals surface area contributed by atoms with E-state index in [0.29, 0.717) is 6.54 Å². The summed E-state index contributed by atoms with van der Waals surface area (Å²) in [5.41, 5.74) is 3.19. The lowest BCUT2D eigenvalue weighted by Gasteiger charge is -2.11. The molecule has 0 spiro atoms. The first kappa shape index (κ1) is 21.3.